The lowest BCUT2D eigenvalue weighted by molar-refractivity contribution is 0.102. The summed E-state index contributed by atoms with van der Waals surface area (Å²) in [6.45, 7) is 2.89. The molecular weight excluding hydrogens is 354 g/mol. The van der Waals surface area contributed by atoms with E-state index in [-0.39, 0.29) is 5.91 Å². The normalized spacial score (nSPS) is 10.2. The minimum absolute atomic E-state index is 0.270. The van der Waals surface area contributed by atoms with Crippen LogP contribution in [-0.2, 0) is 0 Å². The number of halogens is 2. The van der Waals surface area contributed by atoms with Crippen LogP contribution in [0.5, 0.6) is 0 Å². The monoisotopic (exact) mass is 367 g/mol. The molecule has 4 nitrogen and oxygen atoms in total. The smallest absolute Gasteiger partial charge is 0.274 e. The molecule has 1 aromatic heterocycles. The number of amides is 1. The van der Waals surface area contributed by atoms with Crippen LogP contribution in [0, 0.1) is 0 Å². The summed E-state index contributed by atoms with van der Waals surface area (Å²) in [7, 11) is 0. The number of nitrogens with one attached hydrogen (secondary N) is 2. The maximum absolute atomic E-state index is 12.2. The molecule has 0 spiro atoms. The molecule has 0 bridgehead atoms. The van der Waals surface area contributed by atoms with Crippen molar-refractivity contribution in [1.82, 2.24) is 4.98 Å². The number of pyridine rings is 1. The number of hydrogen-bond donors (Lipinski definition) is 2. The summed E-state index contributed by atoms with van der Waals surface area (Å²) in [6.07, 6.45) is 0.996. The van der Waals surface area contributed by atoms with Crippen LogP contribution in [0.4, 0.5) is 11.5 Å². The van der Waals surface area contributed by atoms with E-state index in [9.17, 15) is 4.79 Å². The fraction of sp³-hybridized carbons (Fsp3) is 0.200. The standard InChI is InChI=1S/C15H15BrClN3O/c1-2-8-18-14-5-3-4-13(20-14)15(21)19-10-6-7-11(16)12(17)9-10/h3-7,9H,2,8H2,1H3,(H,18,20)(H,19,21). The first-order valence-electron chi connectivity index (χ1n) is 6.57. The molecule has 2 N–H and O–H groups in total. The first-order chi connectivity index (χ1) is 10.1. The highest BCUT2D eigenvalue weighted by molar-refractivity contribution is 9.10. The Morgan fingerprint density at radius 2 is 2.14 bits per heavy atom. The van der Waals surface area contributed by atoms with E-state index >= 15 is 0 Å². The van der Waals surface area contributed by atoms with Gasteiger partial charge in [0.1, 0.15) is 11.5 Å². The molecule has 0 atom stereocenters. The van der Waals surface area contributed by atoms with Crippen LogP contribution in [0.2, 0.25) is 5.02 Å². The van der Waals surface area contributed by atoms with Crippen LogP contribution >= 0.6 is 27.5 Å². The van der Waals surface area contributed by atoms with Crippen LogP contribution in [0.1, 0.15) is 23.8 Å². The van der Waals surface area contributed by atoms with E-state index in [0.717, 1.165) is 17.4 Å². The van der Waals surface area contributed by atoms with Gasteiger partial charge in [0.15, 0.2) is 0 Å². The first-order valence-corrected chi connectivity index (χ1v) is 7.74. The van der Waals surface area contributed by atoms with Crippen molar-refractivity contribution in [3.8, 4) is 0 Å². The molecule has 0 aliphatic heterocycles. The molecular formula is C15H15BrClN3O. The maximum atomic E-state index is 12.2. The van der Waals surface area contributed by atoms with Crippen molar-refractivity contribution in [2.24, 2.45) is 0 Å². The highest BCUT2D eigenvalue weighted by Gasteiger charge is 2.09. The highest BCUT2D eigenvalue weighted by atomic mass is 79.9. The lowest BCUT2D eigenvalue weighted by Crippen LogP contribution is -2.14. The maximum Gasteiger partial charge on any atom is 0.274 e. The molecule has 21 heavy (non-hydrogen) atoms. The second kappa shape index (κ2) is 7.43. The van der Waals surface area contributed by atoms with E-state index in [1.165, 1.54) is 0 Å². The van der Waals surface area contributed by atoms with Crippen molar-refractivity contribution < 1.29 is 4.79 Å². The molecule has 1 amide bonds. The first kappa shape index (κ1) is 15.8. The van der Waals surface area contributed by atoms with Gasteiger partial charge in [-0.3, -0.25) is 4.79 Å². The largest absolute Gasteiger partial charge is 0.370 e. The fourth-order valence-electron chi connectivity index (χ4n) is 1.68. The minimum atomic E-state index is -0.270. The molecule has 0 aliphatic carbocycles. The van der Waals surface area contributed by atoms with E-state index in [1.54, 1.807) is 30.3 Å². The number of benzene rings is 1. The summed E-state index contributed by atoms with van der Waals surface area (Å²) in [4.78, 5) is 16.5. The van der Waals surface area contributed by atoms with Gasteiger partial charge in [0.05, 0.1) is 5.02 Å². The Bertz CT molecular complexity index is 649. The zero-order chi connectivity index (χ0) is 15.2. The highest BCUT2D eigenvalue weighted by Crippen LogP contribution is 2.25. The third kappa shape index (κ3) is 4.44. The van der Waals surface area contributed by atoms with Crippen LogP contribution in [0.25, 0.3) is 0 Å². The molecule has 0 radical (unpaired) electrons. The zero-order valence-corrected chi connectivity index (χ0v) is 13.8. The zero-order valence-electron chi connectivity index (χ0n) is 11.5. The van der Waals surface area contributed by atoms with Gasteiger partial charge in [0, 0.05) is 16.7 Å². The predicted molar refractivity (Wildman–Crippen MR) is 90.1 cm³/mol. The lowest BCUT2D eigenvalue weighted by atomic mass is 10.3. The van der Waals surface area contributed by atoms with Gasteiger partial charge in [-0.15, -0.1) is 0 Å². The minimum Gasteiger partial charge on any atom is -0.370 e. The van der Waals surface area contributed by atoms with Crippen molar-refractivity contribution in [1.29, 1.82) is 0 Å². The SMILES string of the molecule is CCCNc1cccc(C(=O)Nc2ccc(Br)c(Cl)c2)n1. The van der Waals surface area contributed by atoms with Crippen molar-refractivity contribution in [3.05, 3.63) is 51.6 Å². The van der Waals surface area contributed by atoms with E-state index in [4.69, 9.17) is 11.6 Å². The summed E-state index contributed by atoms with van der Waals surface area (Å²) in [5, 5.41) is 6.47. The molecule has 1 aromatic carbocycles. The molecule has 0 aliphatic rings. The van der Waals surface area contributed by atoms with Gasteiger partial charge in [0.2, 0.25) is 0 Å². The van der Waals surface area contributed by atoms with Gasteiger partial charge >= 0.3 is 0 Å². The van der Waals surface area contributed by atoms with Gasteiger partial charge in [-0.2, -0.15) is 0 Å². The average molecular weight is 369 g/mol. The van der Waals surface area contributed by atoms with E-state index in [2.05, 4.69) is 38.5 Å². The second-order valence-corrected chi connectivity index (χ2v) is 5.68. The molecule has 6 heteroatoms. The number of rotatable bonds is 5. The Morgan fingerprint density at radius 3 is 2.86 bits per heavy atom. The summed E-state index contributed by atoms with van der Waals surface area (Å²) >= 11 is 9.31. The molecule has 0 saturated heterocycles. The number of nitrogens with zero attached hydrogens (tertiary/aromatic N) is 1. The molecule has 110 valence electrons. The fourth-order valence-corrected chi connectivity index (χ4v) is 2.11. The molecule has 0 unspecified atom stereocenters. The topological polar surface area (TPSA) is 54.0 Å². The predicted octanol–water partition coefficient (Wildman–Crippen LogP) is 4.57. The van der Waals surface area contributed by atoms with Crippen LogP contribution in [0.3, 0.4) is 0 Å². The number of carbonyl (C=O) groups is 1. The Labute approximate surface area is 137 Å². The molecule has 2 rings (SSSR count). The van der Waals surface area contributed by atoms with E-state index in [0.29, 0.717) is 22.2 Å². The Hall–Kier alpha value is -1.59. The average Bonchev–Trinajstić information content (AvgIpc) is 2.49. The van der Waals surface area contributed by atoms with Crippen LogP contribution in [0.15, 0.2) is 40.9 Å². The van der Waals surface area contributed by atoms with Crippen LogP contribution < -0.4 is 10.6 Å². The van der Waals surface area contributed by atoms with Crippen molar-refractivity contribution >= 4 is 44.9 Å². The van der Waals surface area contributed by atoms with E-state index in [1.807, 2.05) is 6.07 Å². The Kier molecular flexibility index (Phi) is 5.59. The van der Waals surface area contributed by atoms with Gasteiger partial charge in [0.25, 0.3) is 5.91 Å². The summed E-state index contributed by atoms with van der Waals surface area (Å²) in [5.74, 6) is 0.423. The number of anilines is 2. The van der Waals surface area contributed by atoms with Crippen molar-refractivity contribution in [2.45, 2.75) is 13.3 Å². The lowest BCUT2D eigenvalue weighted by Gasteiger charge is -2.08. The molecule has 0 saturated carbocycles. The van der Waals surface area contributed by atoms with E-state index < -0.39 is 0 Å². The quantitative estimate of drug-likeness (QED) is 0.812. The Morgan fingerprint density at radius 1 is 1.33 bits per heavy atom. The molecule has 1 heterocycles. The van der Waals surface area contributed by atoms with Crippen molar-refractivity contribution in [2.75, 3.05) is 17.2 Å². The second-order valence-electron chi connectivity index (χ2n) is 4.42. The number of aromatic nitrogens is 1. The summed E-state index contributed by atoms with van der Waals surface area (Å²) < 4.78 is 0.783. The Balaban J connectivity index is 2.10. The van der Waals surface area contributed by atoms with Gasteiger partial charge in [-0.1, -0.05) is 24.6 Å². The van der Waals surface area contributed by atoms with Gasteiger partial charge < -0.3 is 10.6 Å². The van der Waals surface area contributed by atoms with Gasteiger partial charge in [-0.05, 0) is 52.7 Å². The summed E-state index contributed by atoms with van der Waals surface area (Å²) in [6, 6.07) is 10.5. The number of carbonyl (C=O) groups excluding carboxylic acids is 1. The summed E-state index contributed by atoms with van der Waals surface area (Å²) in [5.41, 5.74) is 0.983. The number of hydrogen-bond acceptors (Lipinski definition) is 3. The molecule has 2 aromatic rings. The molecule has 0 fully saturated rings. The third-order valence-electron chi connectivity index (χ3n) is 2.72. The van der Waals surface area contributed by atoms with Crippen molar-refractivity contribution in [3.63, 3.8) is 0 Å². The van der Waals surface area contributed by atoms with Gasteiger partial charge in [-0.25, -0.2) is 4.98 Å². The third-order valence-corrected chi connectivity index (χ3v) is 3.95. The van der Waals surface area contributed by atoms with Crippen LogP contribution in [-0.4, -0.2) is 17.4 Å².